The van der Waals surface area contributed by atoms with E-state index in [1.807, 2.05) is 56.3 Å². The van der Waals surface area contributed by atoms with Gasteiger partial charge in [0.1, 0.15) is 5.69 Å². The van der Waals surface area contributed by atoms with Gasteiger partial charge in [0.25, 0.3) is 5.91 Å². The first-order valence-corrected chi connectivity index (χ1v) is 12.3. The third-order valence-corrected chi connectivity index (χ3v) is 6.50. The zero-order valence-electron chi connectivity index (χ0n) is 19.3. The van der Waals surface area contributed by atoms with Crippen molar-refractivity contribution < 1.29 is 14.3 Å². The minimum absolute atomic E-state index is 0.0582. The van der Waals surface area contributed by atoms with Crippen LogP contribution in [0, 0.1) is 0 Å². The average Bonchev–Trinajstić information content (AvgIpc) is 3.42. The zero-order chi connectivity index (χ0) is 23.2. The number of rotatable bonds is 10. The van der Waals surface area contributed by atoms with Gasteiger partial charge in [-0.25, -0.2) is 0 Å². The van der Waals surface area contributed by atoms with Gasteiger partial charge in [0.15, 0.2) is 11.5 Å². The molecule has 0 aliphatic carbocycles. The van der Waals surface area contributed by atoms with Gasteiger partial charge in [-0.3, -0.25) is 4.79 Å². The Bertz CT molecular complexity index is 1210. The lowest BCUT2D eigenvalue weighted by atomic mass is 10.0. The van der Waals surface area contributed by atoms with Gasteiger partial charge in [0.2, 0.25) is 0 Å². The van der Waals surface area contributed by atoms with Crippen LogP contribution in [0.3, 0.4) is 0 Å². The van der Waals surface area contributed by atoms with E-state index in [9.17, 15) is 4.79 Å². The lowest BCUT2D eigenvalue weighted by molar-refractivity contribution is 0.0943. The number of hydrogen-bond donors (Lipinski definition) is 1. The van der Waals surface area contributed by atoms with Crippen molar-refractivity contribution in [2.45, 2.75) is 33.2 Å². The van der Waals surface area contributed by atoms with Gasteiger partial charge in [0, 0.05) is 13.1 Å². The number of amides is 1. The van der Waals surface area contributed by atoms with Crippen LogP contribution in [0.1, 0.15) is 48.3 Å². The molecule has 0 spiro atoms. The lowest BCUT2D eigenvalue weighted by Crippen LogP contribution is -2.29. The number of nitrogens with zero attached hydrogens (tertiary/aromatic N) is 1. The molecule has 0 bridgehead atoms. The van der Waals surface area contributed by atoms with Crippen LogP contribution < -0.4 is 14.8 Å². The number of benzene rings is 2. The normalized spacial score (nSPS) is 12.0. The van der Waals surface area contributed by atoms with Gasteiger partial charge >= 0.3 is 0 Å². The molecule has 4 aromatic rings. The molecule has 6 heteroatoms. The molecule has 5 nitrogen and oxygen atoms in total. The van der Waals surface area contributed by atoms with E-state index in [-0.39, 0.29) is 11.8 Å². The second-order valence-corrected chi connectivity index (χ2v) is 8.90. The van der Waals surface area contributed by atoms with E-state index in [1.165, 1.54) is 5.56 Å². The maximum Gasteiger partial charge on any atom is 0.268 e. The fourth-order valence-electron chi connectivity index (χ4n) is 3.93. The Labute approximate surface area is 199 Å². The Morgan fingerprint density at radius 2 is 1.76 bits per heavy atom. The third-order valence-electron chi connectivity index (χ3n) is 5.64. The molecule has 172 valence electrons. The minimum Gasteiger partial charge on any atom is -0.490 e. The standard InChI is InChI=1S/C27H30N2O3S/c1-4-31-24-12-11-21(15-25(24)32-5-2)19(3)17-28-27(30)23-16-26-22(13-14-33-26)29(23)18-20-9-7-6-8-10-20/h6-16,19H,4-5,17-18H2,1-3H3,(H,28,30). The van der Waals surface area contributed by atoms with Crippen LogP contribution in [0.15, 0.2) is 66.0 Å². The van der Waals surface area contributed by atoms with Crippen LogP contribution in [-0.4, -0.2) is 30.2 Å². The number of thiophene rings is 1. The highest BCUT2D eigenvalue weighted by atomic mass is 32.1. The largest absolute Gasteiger partial charge is 0.490 e. The monoisotopic (exact) mass is 462 g/mol. The van der Waals surface area contributed by atoms with Crippen molar-refractivity contribution in [2.24, 2.45) is 0 Å². The number of ether oxygens (including phenoxy) is 2. The first-order valence-electron chi connectivity index (χ1n) is 11.4. The fraction of sp³-hybridized carbons (Fsp3) is 0.296. The van der Waals surface area contributed by atoms with Gasteiger partial charge in [-0.1, -0.05) is 43.3 Å². The molecular formula is C27H30N2O3S. The number of aromatic nitrogens is 1. The lowest BCUT2D eigenvalue weighted by Gasteiger charge is -2.17. The smallest absolute Gasteiger partial charge is 0.268 e. The molecule has 0 fully saturated rings. The molecular weight excluding hydrogens is 432 g/mol. The Balaban J connectivity index is 1.49. The summed E-state index contributed by atoms with van der Waals surface area (Å²) in [4.78, 5) is 13.2. The Morgan fingerprint density at radius 1 is 1.00 bits per heavy atom. The molecule has 4 rings (SSSR count). The molecule has 0 saturated carbocycles. The van der Waals surface area contributed by atoms with Crippen molar-refractivity contribution in [3.8, 4) is 11.5 Å². The van der Waals surface area contributed by atoms with Crippen LogP contribution in [0.5, 0.6) is 11.5 Å². The van der Waals surface area contributed by atoms with E-state index in [2.05, 4.69) is 40.4 Å². The fourth-order valence-corrected chi connectivity index (χ4v) is 4.75. The molecule has 1 unspecified atom stereocenters. The Morgan fingerprint density at radius 3 is 2.52 bits per heavy atom. The van der Waals surface area contributed by atoms with Gasteiger partial charge in [0.05, 0.1) is 23.4 Å². The summed E-state index contributed by atoms with van der Waals surface area (Å²) in [6.07, 6.45) is 0. The van der Waals surface area contributed by atoms with Crippen molar-refractivity contribution in [2.75, 3.05) is 19.8 Å². The van der Waals surface area contributed by atoms with Gasteiger partial charge in [-0.2, -0.15) is 0 Å². The molecule has 2 aromatic heterocycles. The number of carbonyl (C=O) groups excluding carboxylic acids is 1. The summed E-state index contributed by atoms with van der Waals surface area (Å²) in [6, 6.07) is 20.3. The summed E-state index contributed by atoms with van der Waals surface area (Å²) in [7, 11) is 0. The van der Waals surface area contributed by atoms with Gasteiger partial charge in [-0.05, 0) is 60.5 Å². The summed E-state index contributed by atoms with van der Waals surface area (Å²) >= 11 is 1.66. The van der Waals surface area contributed by atoms with E-state index in [0.717, 1.165) is 27.3 Å². The van der Waals surface area contributed by atoms with E-state index < -0.39 is 0 Å². The molecule has 1 atom stereocenters. The predicted octanol–water partition coefficient (Wildman–Crippen LogP) is 6.08. The van der Waals surface area contributed by atoms with Crippen LogP contribution in [-0.2, 0) is 6.54 Å². The van der Waals surface area contributed by atoms with Crippen molar-refractivity contribution in [1.82, 2.24) is 9.88 Å². The van der Waals surface area contributed by atoms with Crippen LogP contribution >= 0.6 is 11.3 Å². The summed E-state index contributed by atoms with van der Waals surface area (Å²) in [6.45, 7) is 8.38. The van der Waals surface area contributed by atoms with Crippen molar-refractivity contribution in [3.63, 3.8) is 0 Å². The van der Waals surface area contributed by atoms with Crippen molar-refractivity contribution >= 4 is 27.5 Å². The molecule has 0 aliphatic rings. The first kappa shape index (κ1) is 22.9. The van der Waals surface area contributed by atoms with Gasteiger partial charge in [-0.15, -0.1) is 11.3 Å². The number of nitrogens with one attached hydrogen (secondary N) is 1. The zero-order valence-corrected chi connectivity index (χ0v) is 20.2. The molecule has 0 aliphatic heterocycles. The summed E-state index contributed by atoms with van der Waals surface area (Å²) in [5.74, 6) is 1.56. The number of fused-ring (bicyclic) bond motifs is 1. The maximum atomic E-state index is 13.2. The Hall–Kier alpha value is -3.25. The second kappa shape index (κ2) is 10.6. The number of carbonyl (C=O) groups is 1. The summed E-state index contributed by atoms with van der Waals surface area (Å²) < 4.78 is 14.6. The third kappa shape index (κ3) is 5.22. The molecule has 1 N–H and O–H groups in total. The van der Waals surface area contributed by atoms with E-state index in [1.54, 1.807) is 11.3 Å². The number of hydrogen-bond acceptors (Lipinski definition) is 4. The second-order valence-electron chi connectivity index (χ2n) is 7.95. The predicted molar refractivity (Wildman–Crippen MR) is 135 cm³/mol. The first-order chi connectivity index (χ1) is 16.1. The molecule has 1 amide bonds. The average molecular weight is 463 g/mol. The molecule has 33 heavy (non-hydrogen) atoms. The molecule has 2 aromatic carbocycles. The maximum absolute atomic E-state index is 13.2. The van der Waals surface area contributed by atoms with Gasteiger partial charge < -0.3 is 19.4 Å². The summed E-state index contributed by atoms with van der Waals surface area (Å²) in [5.41, 5.74) is 4.05. The topological polar surface area (TPSA) is 52.5 Å². The molecule has 0 saturated heterocycles. The Kier molecular flexibility index (Phi) is 7.35. The molecule has 2 heterocycles. The quantitative estimate of drug-likeness (QED) is 0.311. The summed E-state index contributed by atoms with van der Waals surface area (Å²) in [5, 5.41) is 5.21. The highest BCUT2D eigenvalue weighted by molar-refractivity contribution is 7.17. The highest BCUT2D eigenvalue weighted by Gasteiger charge is 2.18. The van der Waals surface area contributed by atoms with Crippen molar-refractivity contribution in [3.05, 3.63) is 82.9 Å². The van der Waals surface area contributed by atoms with Crippen LogP contribution in [0.2, 0.25) is 0 Å². The highest BCUT2D eigenvalue weighted by Crippen LogP contribution is 2.31. The van der Waals surface area contributed by atoms with Crippen LogP contribution in [0.4, 0.5) is 0 Å². The minimum atomic E-state index is -0.0582. The SMILES string of the molecule is CCOc1ccc(C(C)CNC(=O)c2cc3sccc3n2Cc2ccccc2)cc1OCC. The van der Waals surface area contributed by atoms with Crippen LogP contribution in [0.25, 0.3) is 10.2 Å². The van der Waals surface area contributed by atoms with E-state index in [0.29, 0.717) is 32.0 Å². The molecule has 0 radical (unpaired) electrons. The van der Waals surface area contributed by atoms with Crippen molar-refractivity contribution in [1.29, 1.82) is 0 Å². The van der Waals surface area contributed by atoms with E-state index >= 15 is 0 Å². The van der Waals surface area contributed by atoms with E-state index in [4.69, 9.17) is 9.47 Å².